The van der Waals surface area contributed by atoms with Gasteiger partial charge in [-0.1, -0.05) is 18.2 Å². The van der Waals surface area contributed by atoms with Crippen LogP contribution in [0.4, 0.5) is 0 Å². The summed E-state index contributed by atoms with van der Waals surface area (Å²) < 4.78 is 6.08. The molecule has 7 nitrogen and oxygen atoms in total. The molecule has 5 rings (SSSR count). The van der Waals surface area contributed by atoms with Gasteiger partial charge in [-0.3, -0.25) is 14.6 Å². The molecular formula is C23H24N4O3. The maximum atomic E-state index is 12.9. The molecule has 3 aromatic rings. The smallest absolute Gasteiger partial charge is 0.270 e. The Labute approximate surface area is 174 Å². The lowest BCUT2D eigenvalue weighted by atomic mass is 9.78. The number of aromatic nitrogens is 2. The fourth-order valence-electron chi connectivity index (χ4n) is 4.61. The van der Waals surface area contributed by atoms with Gasteiger partial charge in [-0.2, -0.15) is 0 Å². The second-order valence-electron chi connectivity index (χ2n) is 8.11. The molecule has 154 valence electrons. The number of H-pyrrole nitrogens is 1. The number of fused-ring (bicyclic) bond motifs is 1. The maximum absolute atomic E-state index is 12.9. The molecule has 2 saturated heterocycles. The molecular weight excluding hydrogens is 380 g/mol. The number of hydrogen-bond acceptors (Lipinski definition) is 4. The van der Waals surface area contributed by atoms with E-state index in [-0.39, 0.29) is 17.4 Å². The Morgan fingerprint density at radius 3 is 2.80 bits per heavy atom. The number of benzene rings is 1. The SMILES string of the molecule is O=C(NCC[C@H]1CCOC12CN(C(=O)c1cc3ccccc3[nH]1)C2)c1ccncc1. The number of nitrogens with one attached hydrogen (secondary N) is 2. The van der Waals surface area contributed by atoms with E-state index in [1.165, 1.54) is 0 Å². The molecule has 7 heteroatoms. The zero-order valence-corrected chi connectivity index (χ0v) is 16.6. The van der Waals surface area contributed by atoms with Gasteiger partial charge in [0.15, 0.2) is 0 Å². The van der Waals surface area contributed by atoms with Gasteiger partial charge in [-0.15, -0.1) is 0 Å². The number of pyridine rings is 1. The molecule has 2 N–H and O–H groups in total. The predicted octanol–water partition coefficient (Wildman–Crippen LogP) is 2.61. The Morgan fingerprint density at radius 2 is 2.00 bits per heavy atom. The second-order valence-corrected chi connectivity index (χ2v) is 8.11. The minimum absolute atomic E-state index is 0.0112. The first-order chi connectivity index (χ1) is 14.6. The monoisotopic (exact) mass is 404 g/mol. The molecule has 1 atom stereocenters. The third-order valence-corrected chi connectivity index (χ3v) is 6.29. The van der Waals surface area contributed by atoms with E-state index >= 15 is 0 Å². The quantitative estimate of drug-likeness (QED) is 0.684. The van der Waals surface area contributed by atoms with Crippen molar-refractivity contribution in [3.8, 4) is 0 Å². The minimum atomic E-state index is -0.275. The highest BCUT2D eigenvalue weighted by molar-refractivity contribution is 5.98. The van der Waals surface area contributed by atoms with Gasteiger partial charge in [0.1, 0.15) is 11.3 Å². The first kappa shape index (κ1) is 18.8. The largest absolute Gasteiger partial charge is 0.371 e. The average Bonchev–Trinajstić information content (AvgIpc) is 3.37. The number of amides is 2. The highest BCUT2D eigenvalue weighted by atomic mass is 16.5. The van der Waals surface area contributed by atoms with Crippen LogP contribution in [0.5, 0.6) is 0 Å². The third kappa shape index (κ3) is 3.35. The van der Waals surface area contributed by atoms with Gasteiger partial charge in [0.05, 0.1) is 13.1 Å². The van der Waals surface area contributed by atoms with Crippen LogP contribution in [0.2, 0.25) is 0 Å². The second kappa shape index (κ2) is 7.57. The lowest BCUT2D eigenvalue weighted by Crippen LogP contribution is -2.66. The summed E-state index contributed by atoms with van der Waals surface area (Å²) in [6.45, 7) is 2.50. The van der Waals surface area contributed by atoms with Crippen molar-refractivity contribution in [3.05, 3.63) is 66.1 Å². The Kier molecular flexibility index (Phi) is 4.75. The first-order valence-corrected chi connectivity index (χ1v) is 10.3. The van der Waals surface area contributed by atoms with Gasteiger partial charge < -0.3 is 19.9 Å². The number of hydrogen-bond donors (Lipinski definition) is 2. The van der Waals surface area contributed by atoms with Crippen molar-refractivity contribution in [2.75, 3.05) is 26.2 Å². The molecule has 1 spiro atoms. The summed E-state index contributed by atoms with van der Waals surface area (Å²) >= 11 is 0. The number of para-hydroxylation sites is 1. The first-order valence-electron chi connectivity index (χ1n) is 10.3. The number of carbonyl (C=O) groups excluding carboxylic acids is 2. The normalized spacial score (nSPS) is 19.7. The lowest BCUT2D eigenvalue weighted by Gasteiger charge is -2.50. The molecule has 1 aromatic carbocycles. The molecule has 0 saturated carbocycles. The van der Waals surface area contributed by atoms with Gasteiger partial charge in [-0.25, -0.2) is 0 Å². The molecule has 2 aromatic heterocycles. The van der Waals surface area contributed by atoms with Gasteiger partial charge >= 0.3 is 0 Å². The molecule has 30 heavy (non-hydrogen) atoms. The van der Waals surface area contributed by atoms with Crippen LogP contribution in [0, 0.1) is 5.92 Å². The summed E-state index contributed by atoms with van der Waals surface area (Å²) in [6.07, 6.45) is 5.02. The van der Waals surface area contributed by atoms with E-state index in [0.29, 0.717) is 43.4 Å². The lowest BCUT2D eigenvalue weighted by molar-refractivity contribution is -0.118. The summed E-state index contributed by atoms with van der Waals surface area (Å²) in [5.74, 6) is 0.258. The van der Waals surface area contributed by atoms with Crippen molar-refractivity contribution < 1.29 is 14.3 Å². The van der Waals surface area contributed by atoms with Crippen LogP contribution in [0.1, 0.15) is 33.7 Å². The molecule has 0 unspecified atom stereocenters. The molecule has 0 radical (unpaired) electrons. The van der Waals surface area contributed by atoms with Gasteiger partial charge in [-0.05, 0) is 43.0 Å². The van der Waals surface area contributed by atoms with Crippen LogP contribution >= 0.6 is 0 Å². The zero-order chi connectivity index (χ0) is 20.6. The van der Waals surface area contributed by atoms with Gasteiger partial charge in [0.2, 0.25) is 0 Å². The fourth-order valence-corrected chi connectivity index (χ4v) is 4.61. The number of carbonyl (C=O) groups is 2. The number of rotatable bonds is 5. The van der Waals surface area contributed by atoms with Crippen LogP contribution < -0.4 is 5.32 Å². The zero-order valence-electron chi connectivity index (χ0n) is 16.6. The van der Waals surface area contributed by atoms with Crippen LogP contribution in [-0.2, 0) is 4.74 Å². The van der Waals surface area contributed by atoms with Crippen LogP contribution in [0.25, 0.3) is 10.9 Å². The summed E-state index contributed by atoms with van der Waals surface area (Å²) in [7, 11) is 0. The molecule has 4 heterocycles. The number of ether oxygens (including phenoxy) is 1. The summed E-state index contributed by atoms with van der Waals surface area (Å²) in [5.41, 5.74) is 1.92. The molecule has 0 aliphatic carbocycles. The Bertz CT molecular complexity index is 1040. The topological polar surface area (TPSA) is 87.3 Å². The molecule has 2 aliphatic rings. The summed E-state index contributed by atoms with van der Waals surface area (Å²) in [6, 6.07) is 13.2. The number of aromatic amines is 1. The third-order valence-electron chi connectivity index (χ3n) is 6.29. The van der Waals surface area contributed by atoms with E-state index < -0.39 is 0 Å². The Hall–Kier alpha value is -3.19. The number of likely N-dealkylation sites (tertiary alicyclic amines) is 1. The molecule has 2 amide bonds. The van der Waals surface area contributed by atoms with E-state index in [1.807, 2.05) is 35.2 Å². The van der Waals surface area contributed by atoms with E-state index in [2.05, 4.69) is 15.3 Å². The van der Waals surface area contributed by atoms with Crippen molar-refractivity contribution in [2.45, 2.75) is 18.4 Å². The minimum Gasteiger partial charge on any atom is -0.371 e. The standard InChI is InChI=1S/C23H24N4O3/c28-21(16-5-9-24-10-6-16)25-11-7-18-8-12-30-23(18)14-27(15-23)22(29)20-13-17-3-1-2-4-19(17)26-20/h1-6,9-10,13,18,26H,7-8,11-12,14-15H2,(H,25,28)/t18-/m0/s1. The fraction of sp³-hybridized carbons (Fsp3) is 0.348. The predicted molar refractivity (Wildman–Crippen MR) is 112 cm³/mol. The molecule has 2 aliphatic heterocycles. The average molecular weight is 404 g/mol. The van der Waals surface area contributed by atoms with E-state index in [0.717, 1.165) is 23.7 Å². The van der Waals surface area contributed by atoms with Crippen LogP contribution in [-0.4, -0.2) is 58.5 Å². The Morgan fingerprint density at radius 1 is 1.20 bits per heavy atom. The van der Waals surface area contributed by atoms with E-state index in [1.54, 1.807) is 24.5 Å². The summed E-state index contributed by atoms with van der Waals surface area (Å²) in [4.78, 5) is 34.1. The van der Waals surface area contributed by atoms with Crippen molar-refractivity contribution >= 4 is 22.7 Å². The number of nitrogens with zero attached hydrogens (tertiary/aromatic N) is 2. The van der Waals surface area contributed by atoms with Crippen molar-refractivity contribution in [3.63, 3.8) is 0 Å². The Balaban J connectivity index is 1.17. The van der Waals surface area contributed by atoms with Crippen molar-refractivity contribution in [2.24, 2.45) is 5.92 Å². The highest BCUT2D eigenvalue weighted by Gasteiger charge is 2.54. The maximum Gasteiger partial charge on any atom is 0.270 e. The van der Waals surface area contributed by atoms with Crippen LogP contribution in [0.3, 0.4) is 0 Å². The summed E-state index contributed by atoms with van der Waals surface area (Å²) in [5, 5.41) is 4.02. The van der Waals surface area contributed by atoms with E-state index in [9.17, 15) is 9.59 Å². The van der Waals surface area contributed by atoms with E-state index in [4.69, 9.17) is 4.74 Å². The van der Waals surface area contributed by atoms with Gasteiger partial charge in [0, 0.05) is 42.0 Å². The van der Waals surface area contributed by atoms with Crippen LogP contribution in [0.15, 0.2) is 54.9 Å². The highest BCUT2D eigenvalue weighted by Crippen LogP contribution is 2.42. The van der Waals surface area contributed by atoms with Gasteiger partial charge in [0.25, 0.3) is 11.8 Å². The molecule has 2 fully saturated rings. The van der Waals surface area contributed by atoms with Crippen molar-refractivity contribution in [1.29, 1.82) is 0 Å². The van der Waals surface area contributed by atoms with Crippen molar-refractivity contribution in [1.82, 2.24) is 20.2 Å². The molecule has 0 bridgehead atoms.